The van der Waals surface area contributed by atoms with Crippen LogP contribution in [0.4, 0.5) is 0 Å². The lowest BCUT2D eigenvalue weighted by atomic mass is 10.1. The molecule has 7 nitrogen and oxygen atoms in total. The van der Waals surface area contributed by atoms with Gasteiger partial charge in [0.15, 0.2) is 6.10 Å². The molecule has 3 rings (SSSR count). The zero-order valence-electron chi connectivity index (χ0n) is 15.9. The summed E-state index contributed by atoms with van der Waals surface area (Å²) in [6, 6.07) is 7.61. The van der Waals surface area contributed by atoms with Crippen molar-refractivity contribution in [3.63, 3.8) is 0 Å². The highest BCUT2D eigenvalue weighted by Gasteiger charge is 2.36. The van der Waals surface area contributed by atoms with E-state index in [1.165, 1.54) is 0 Å². The average Bonchev–Trinajstić information content (AvgIpc) is 3.17. The minimum Gasteiger partial charge on any atom is -0.497 e. The summed E-state index contributed by atoms with van der Waals surface area (Å²) in [6.45, 7) is 4.33. The van der Waals surface area contributed by atoms with Crippen LogP contribution in [0.5, 0.6) is 5.75 Å². The minimum absolute atomic E-state index is 0.215. The lowest BCUT2D eigenvalue weighted by Gasteiger charge is -2.34. The predicted molar refractivity (Wildman–Crippen MR) is 100 cm³/mol. The molecule has 1 aliphatic heterocycles. The number of rotatable bonds is 8. The molecule has 1 saturated heterocycles. The molecular weight excluding hydrogens is 346 g/mol. The molecule has 2 unspecified atom stereocenters. The Morgan fingerprint density at radius 3 is 2.85 bits per heavy atom. The number of nitrogens with zero attached hydrogens (tertiary/aromatic N) is 3. The second kappa shape index (κ2) is 9.01. The Morgan fingerprint density at radius 2 is 2.15 bits per heavy atom. The number of aliphatic hydroxyl groups is 1. The van der Waals surface area contributed by atoms with Gasteiger partial charge in [0.25, 0.3) is 5.91 Å². The van der Waals surface area contributed by atoms with E-state index in [1.54, 1.807) is 24.5 Å². The molecule has 0 bridgehead atoms. The molecule has 2 heterocycles. The molecule has 146 valence electrons. The van der Waals surface area contributed by atoms with Crippen molar-refractivity contribution in [2.45, 2.75) is 45.1 Å². The molecule has 1 N–H and O–H groups in total. The van der Waals surface area contributed by atoms with Gasteiger partial charge in [0.1, 0.15) is 11.9 Å². The van der Waals surface area contributed by atoms with Crippen LogP contribution in [-0.2, 0) is 22.6 Å². The van der Waals surface area contributed by atoms with Crippen molar-refractivity contribution < 1.29 is 19.4 Å². The maximum absolute atomic E-state index is 12.8. The van der Waals surface area contributed by atoms with Gasteiger partial charge in [-0.25, -0.2) is 4.98 Å². The van der Waals surface area contributed by atoms with Crippen LogP contribution in [0.1, 0.15) is 37.1 Å². The maximum atomic E-state index is 12.8. The van der Waals surface area contributed by atoms with Gasteiger partial charge in [0, 0.05) is 25.8 Å². The van der Waals surface area contributed by atoms with E-state index < -0.39 is 12.2 Å². The molecule has 0 aliphatic carbocycles. The van der Waals surface area contributed by atoms with Gasteiger partial charge in [-0.3, -0.25) is 4.79 Å². The Balaban J connectivity index is 1.65. The first-order chi connectivity index (χ1) is 13.1. The number of aliphatic hydroxyl groups excluding tert-OH is 1. The Morgan fingerprint density at radius 1 is 1.37 bits per heavy atom. The van der Waals surface area contributed by atoms with Crippen LogP contribution in [0, 0.1) is 0 Å². The molecule has 0 radical (unpaired) electrons. The highest BCUT2D eigenvalue weighted by atomic mass is 16.5. The molecule has 2 atom stereocenters. The highest BCUT2D eigenvalue weighted by molar-refractivity contribution is 5.82. The number of morpholine rings is 1. The van der Waals surface area contributed by atoms with Crippen molar-refractivity contribution in [2.24, 2.45) is 0 Å². The Labute approximate surface area is 159 Å². The normalized spacial score (nSPS) is 18.6. The second-order valence-corrected chi connectivity index (χ2v) is 6.73. The number of methoxy groups -OCH3 is 1. The van der Waals surface area contributed by atoms with Gasteiger partial charge in [-0.15, -0.1) is 0 Å². The lowest BCUT2D eigenvalue weighted by Crippen LogP contribution is -2.49. The second-order valence-electron chi connectivity index (χ2n) is 6.73. The molecule has 1 fully saturated rings. The number of carbonyl (C=O) groups is 1. The molecule has 7 heteroatoms. The summed E-state index contributed by atoms with van der Waals surface area (Å²) in [5.74, 6) is 0.562. The molecule has 1 aliphatic rings. The molecule has 0 spiro atoms. The number of aromatic nitrogens is 2. The summed E-state index contributed by atoms with van der Waals surface area (Å²) in [7, 11) is 1.62. The number of hydrogen-bond acceptors (Lipinski definition) is 5. The summed E-state index contributed by atoms with van der Waals surface area (Å²) in [5.41, 5.74) is 1.47. The summed E-state index contributed by atoms with van der Waals surface area (Å²) < 4.78 is 12.7. The molecule has 1 amide bonds. The number of unbranched alkanes of at least 4 members (excludes halogenated alkanes) is 1. The van der Waals surface area contributed by atoms with Crippen LogP contribution in [0.25, 0.3) is 0 Å². The first-order valence-electron chi connectivity index (χ1n) is 9.35. The number of aryl methyl sites for hydroxylation is 1. The molecule has 2 aromatic rings. The van der Waals surface area contributed by atoms with Gasteiger partial charge in [-0.2, -0.15) is 0 Å². The number of hydrogen-bond donors (Lipinski definition) is 1. The topological polar surface area (TPSA) is 76.8 Å². The Hall–Kier alpha value is -2.38. The number of imidazole rings is 1. The highest BCUT2D eigenvalue weighted by Crippen LogP contribution is 2.24. The standard InChI is InChI=1S/C20H27N3O4/c1-3-4-9-22-13-17(21-14-22)18(24)19-20(25)23(10-11-27-19)12-15-5-7-16(26-2)8-6-15/h5-8,13-14,18-19,24H,3-4,9-12H2,1-2H3. The summed E-state index contributed by atoms with van der Waals surface area (Å²) in [5, 5.41) is 10.6. The van der Waals surface area contributed by atoms with E-state index >= 15 is 0 Å². The summed E-state index contributed by atoms with van der Waals surface area (Å²) in [6.07, 6.45) is 3.61. The largest absolute Gasteiger partial charge is 0.497 e. The molecule has 1 aromatic heterocycles. The quantitative estimate of drug-likeness (QED) is 0.767. The average molecular weight is 373 g/mol. The van der Waals surface area contributed by atoms with Crippen LogP contribution >= 0.6 is 0 Å². The van der Waals surface area contributed by atoms with Gasteiger partial charge in [-0.1, -0.05) is 25.5 Å². The van der Waals surface area contributed by atoms with Gasteiger partial charge >= 0.3 is 0 Å². The van der Waals surface area contributed by atoms with Gasteiger partial charge in [0.05, 0.1) is 25.7 Å². The predicted octanol–water partition coefficient (Wildman–Crippen LogP) is 2.15. The summed E-state index contributed by atoms with van der Waals surface area (Å²) in [4.78, 5) is 18.8. The maximum Gasteiger partial charge on any atom is 0.255 e. The zero-order chi connectivity index (χ0) is 19.2. The Bertz CT molecular complexity index is 744. The van der Waals surface area contributed by atoms with Crippen LogP contribution in [-0.4, -0.2) is 51.8 Å². The fourth-order valence-electron chi connectivity index (χ4n) is 3.13. The monoisotopic (exact) mass is 373 g/mol. The first kappa shape index (κ1) is 19.4. The van der Waals surface area contributed by atoms with E-state index in [4.69, 9.17) is 9.47 Å². The van der Waals surface area contributed by atoms with Crippen LogP contribution in [0.2, 0.25) is 0 Å². The van der Waals surface area contributed by atoms with Gasteiger partial charge < -0.3 is 24.0 Å². The molecule has 27 heavy (non-hydrogen) atoms. The number of amides is 1. The third-order valence-corrected chi connectivity index (χ3v) is 4.76. The van der Waals surface area contributed by atoms with Crippen LogP contribution in [0.15, 0.2) is 36.8 Å². The van der Waals surface area contributed by atoms with Crippen molar-refractivity contribution in [1.82, 2.24) is 14.5 Å². The van der Waals surface area contributed by atoms with Gasteiger partial charge in [-0.05, 0) is 24.1 Å². The third kappa shape index (κ3) is 4.67. The van der Waals surface area contributed by atoms with Gasteiger partial charge in [0.2, 0.25) is 0 Å². The van der Waals surface area contributed by atoms with Crippen molar-refractivity contribution in [3.05, 3.63) is 48.0 Å². The number of carbonyl (C=O) groups excluding carboxylic acids is 1. The first-order valence-corrected chi connectivity index (χ1v) is 9.35. The third-order valence-electron chi connectivity index (χ3n) is 4.76. The van der Waals surface area contributed by atoms with Crippen molar-refractivity contribution in [1.29, 1.82) is 0 Å². The van der Waals surface area contributed by atoms with E-state index in [0.717, 1.165) is 30.7 Å². The van der Waals surface area contributed by atoms with E-state index in [9.17, 15) is 9.90 Å². The zero-order valence-corrected chi connectivity index (χ0v) is 15.9. The SMILES string of the molecule is CCCCn1cnc(C(O)C2OCCN(Cc3ccc(OC)cc3)C2=O)c1. The molecular formula is C20H27N3O4. The number of benzene rings is 1. The minimum atomic E-state index is -1.07. The van der Waals surface area contributed by atoms with Crippen molar-refractivity contribution in [3.8, 4) is 5.75 Å². The van der Waals surface area contributed by atoms with Crippen molar-refractivity contribution >= 4 is 5.91 Å². The van der Waals surface area contributed by atoms with E-state index in [-0.39, 0.29) is 5.91 Å². The fraction of sp³-hybridized carbons (Fsp3) is 0.500. The van der Waals surface area contributed by atoms with E-state index in [2.05, 4.69) is 11.9 Å². The van der Waals surface area contributed by atoms with Crippen LogP contribution < -0.4 is 4.74 Å². The van der Waals surface area contributed by atoms with Crippen molar-refractivity contribution in [2.75, 3.05) is 20.3 Å². The molecule has 1 aromatic carbocycles. The summed E-state index contributed by atoms with van der Waals surface area (Å²) >= 11 is 0. The fourth-order valence-corrected chi connectivity index (χ4v) is 3.13. The Kier molecular flexibility index (Phi) is 6.47. The van der Waals surface area contributed by atoms with E-state index in [0.29, 0.717) is 25.4 Å². The van der Waals surface area contributed by atoms with Crippen LogP contribution in [0.3, 0.4) is 0 Å². The number of ether oxygens (including phenoxy) is 2. The lowest BCUT2D eigenvalue weighted by molar-refractivity contribution is -0.164. The molecule has 0 saturated carbocycles. The smallest absolute Gasteiger partial charge is 0.255 e. The van der Waals surface area contributed by atoms with E-state index in [1.807, 2.05) is 28.8 Å².